The van der Waals surface area contributed by atoms with Gasteiger partial charge in [-0.25, -0.2) is 9.82 Å². The second-order valence-corrected chi connectivity index (χ2v) is 5.62. The second kappa shape index (κ2) is 7.83. The highest BCUT2D eigenvalue weighted by molar-refractivity contribution is 6.33. The summed E-state index contributed by atoms with van der Waals surface area (Å²) in [6, 6.07) is 8.37. The van der Waals surface area contributed by atoms with Crippen molar-refractivity contribution < 1.29 is 23.5 Å². The molecular formula is C17H13ClFN3O4. The van der Waals surface area contributed by atoms with Gasteiger partial charge in [0.25, 0.3) is 11.8 Å². The number of carbonyl (C=O) groups is 2. The molecule has 2 aromatic rings. The van der Waals surface area contributed by atoms with E-state index in [-0.39, 0.29) is 18.9 Å². The molecular weight excluding hydrogens is 365 g/mol. The van der Waals surface area contributed by atoms with Gasteiger partial charge >= 0.3 is 0 Å². The Kier molecular flexibility index (Phi) is 5.33. The lowest BCUT2D eigenvalue weighted by molar-refractivity contribution is -0.120. The second-order valence-electron chi connectivity index (χ2n) is 5.21. The molecule has 2 N–H and O–H groups in total. The van der Waals surface area contributed by atoms with Crippen LogP contribution < -0.4 is 20.2 Å². The standard InChI is InChI=1S/C17H13ClFN3O4/c18-13-6-15-14(25-9-26-15)5-11(13)7-21-22-16(23)8-20-17(24)10-2-1-3-12(19)4-10/h1-7H,8-9H2,(H,20,24)(H,22,23)/b21-7+. The van der Waals surface area contributed by atoms with E-state index in [4.69, 9.17) is 21.1 Å². The van der Waals surface area contributed by atoms with Crippen LogP contribution in [-0.4, -0.2) is 31.4 Å². The van der Waals surface area contributed by atoms with Crippen molar-refractivity contribution >= 4 is 29.6 Å². The number of rotatable bonds is 5. The van der Waals surface area contributed by atoms with Crippen LogP contribution in [-0.2, 0) is 4.79 Å². The predicted molar refractivity (Wildman–Crippen MR) is 92.0 cm³/mol. The van der Waals surface area contributed by atoms with Gasteiger partial charge in [-0.05, 0) is 24.3 Å². The van der Waals surface area contributed by atoms with Gasteiger partial charge in [-0.2, -0.15) is 5.10 Å². The molecule has 26 heavy (non-hydrogen) atoms. The highest BCUT2D eigenvalue weighted by Crippen LogP contribution is 2.36. The number of amides is 2. The topological polar surface area (TPSA) is 89.0 Å². The monoisotopic (exact) mass is 377 g/mol. The summed E-state index contributed by atoms with van der Waals surface area (Å²) in [5.41, 5.74) is 2.90. The molecule has 0 bridgehead atoms. The van der Waals surface area contributed by atoms with E-state index in [1.54, 1.807) is 12.1 Å². The number of nitrogens with one attached hydrogen (secondary N) is 2. The Bertz CT molecular complexity index is 888. The molecule has 0 atom stereocenters. The largest absolute Gasteiger partial charge is 0.454 e. The Labute approximate surface area is 152 Å². The molecule has 1 aliphatic rings. The smallest absolute Gasteiger partial charge is 0.259 e. The van der Waals surface area contributed by atoms with Crippen molar-refractivity contribution in [2.75, 3.05) is 13.3 Å². The molecule has 1 aliphatic heterocycles. The number of fused-ring (bicyclic) bond motifs is 1. The molecule has 0 unspecified atom stereocenters. The fourth-order valence-electron chi connectivity index (χ4n) is 2.14. The van der Waals surface area contributed by atoms with Crippen LogP contribution >= 0.6 is 11.6 Å². The summed E-state index contributed by atoms with van der Waals surface area (Å²) in [7, 11) is 0. The summed E-state index contributed by atoms with van der Waals surface area (Å²) in [6.07, 6.45) is 1.34. The number of hydrogen-bond acceptors (Lipinski definition) is 5. The Balaban J connectivity index is 1.51. The van der Waals surface area contributed by atoms with Crippen LogP contribution in [0.5, 0.6) is 11.5 Å². The molecule has 2 amide bonds. The fourth-order valence-corrected chi connectivity index (χ4v) is 2.34. The van der Waals surface area contributed by atoms with Crippen molar-refractivity contribution in [3.05, 3.63) is 58.4 Å². The fraction of sp³-hybridized carbons (Fsp3) is 0.118. The van der Waals surface area contributed by atoms with Crippen LogP contribution in [0.2, 0.25) is 5.02 Å². The van der Waals surface area contributed by atoms with Crippen LogP contribution in [0.4, 0.5) is 4.39 Å². The Morgan fingerprint density at radius 1 is 1.23 bits per heavy atom. The van der Waals surface area contributed by atoms with Crippen LogP contribution in [0.15, 0.2) is 41.5 Å². The van der Waals surface area contributed by atoms with Gasteiger partial charge in [-0.3, -0.25) is 9.59 Å². The normalized spacial score (nSPS) is 12.2. The van der Waals surface area contributed by atoms with E-state index < -0.39 is 17.6 Å². The highest BCUT2D eigenvalue weighted by Gasteiger charge is 2.15. The number of halogens is 2. The van der Waals surface area contributed by atoms with Gasteiger partial charge in [0.2, 0.25) is 6.79 Å². The van der Waals surface area contributed by atoms with Crippen molar-refractivity contribution in [3.8, 4) is 11.5 Å². The first kappa shape index (κ1) is 17.7. The number of hydrogen-bond donors (Lipinski definition) is 2. The predicted octanol–water partition coefficient (Wildman–Crippen LogP) is 2.09. The van der Waals surface area contributed by atoms with Crippen LogP contribution in [0.3, 0.4) is 0 Å². The molecule has 0 aromatic heterocycles. The summed E-state index contributed by atoms with van der Waals surface area (Å²) < 4.78 is 23.5. The summed E-state index contributed by atoms with van der Waals surface area (Å²) in [6.45, 7) is -0.199. The average Bonchev–Trinajstić information content (AvgIpc) is 3.07. The third-order valence-corrected chi connectivity index (χ3v) is 3.71. The molecule has 0 radical (unpaired) electrons. The molecule has 0 fully saturated rings. The molecule has 7 nitrogen and oxygen atoms in total. The zero-order valence-corrected chi connectivity index (χ0v) is 14.0. The first-order chi connectivity index (χ1) is 12.5. The minimum Gasteiger partial charge on any atom is -0.454 e. The van der Waals surface area contributed by atoms with E-state index in [2.05, 4.69) is 15.8 Å². The lowest BCUT2D eigenvalue weighted by Crippen LogP contribution is -2.34. The summed E-state index contributed by atoms with van der Waals surface area (Å²) >= 11 is 6.08. The minimum atomic E-state index is -0.567. The Morgan fingerprint density at radius 3 is 2.77 bits per heavy atom. The quantitative estimate of drug-likeness (QED) is 0.617. The van der Waals surface area contributed by atoms with Crippen molar-refractivity contribution in [2.45, 2.75) is 0 Å². The first-order valence-corrected chi connectivity index (χ1v) is 7.85. The van der Waals surface area contributed by atoms with E-state index in [1.807, 2.05) is 0 Å². The van der Waals surface area contributed by atoms with Crippen molar-refractivity contribution in [1.29, 1.82) is 0 Å². The third-order valence-electron chi connectivity index (χ3n) is 3.38. The van der Waals surface area contributed by atoms with Gasteiger partial charge in [0, 0.05) is 17.2 Å². The zero-order valence-electron chi connectivity index (χ0n) is 13.3. The van der Waals surface area contributed by atoms with E-state index in [1.165, 1.54) is 24.4 Å². The summed E-state index contributed by atoms with van der Waals surface area (Å²) in [4.78, 5) is 23.5. The number of carbonyl (C=O) groups excluding carboxylic acids is 2. The molecule has 0 spiro atoms. The van der Waals surface area contributed by atoms with Gasteiger partial charge in [0.1, 0.15) is 5.82 Å². The van der Waals surface area contributed by atoms with Gasteiger partial charge in [0.15, 0.2) is 11.5 Å². The Morgan fingerprint density at radius 2 is 2.00 bits per heavy atom. The van der Waals surface area contributed by atoms with E-state index >= 15 is 0 Å². The van der Waals surface area contributed by atoms with Crippen molar-refractivity contribution in [1.82, 2.24) is 10.7 Å². The van der Waals surface area contributed by atoms with Crippen LogP contribution in [0.25, 0.3) is 0 Å². The molecule has 9 heteroatoms. The lowest BCUT2D eigenvalue weighted by atomic mass is 10.2. The van der Waals surface area contributed by atoms with E-state index in [9.17, 15) is 14.0 Å². The molecule has 0 saturated heterocycles. The SMILES string of the molecule is O=C(CNC(=O)c1cccc(F)c1)N/N=C/c1cc2c(cc1Cl)OCO2. The number of ether oxygens (including phenoxy) is 2. The molecule has 2 aromatic carbocycles. The third kappa shape index (κ3) is 4.28. The minimum absolute atomic E-state index is 0.119. The maximum absolute atomic E-state index is 13.1. The number of nitrogens with zero attached hydrogens (tertiary/aromatic N) is 1. The first-order valence-electron chi connectivity index (χ1n) is 7.48. The molecule has 134 valence electrons. The van der Waals surface area contributed by atoms with E-state index in [0.717, 1.165) is 6.07 Å². The van der Waals surface area contributed by atoms with Gasteiger partial charge in [-0.1, -0.05) is 17.7 Å². The van der Waals surface area contributed by atoms with Gasteiger partial charge in [-0.15, -0.1) is 0 Å². The molecule has 3 rings (SSSR count). The lowest BCUT2D eigenvalue weighted by Gasteiger charge is -2.04. The van der Waals surface area contributed by atoms with Crippen LogP contribution in [0, 0.1) is 5.82 Å². The maximum Gasteiger partial charge on any atom is 0.259 e. The van der Waals surface area contributed by atoms with Gasteiger partial charge in [0.05, 0.1) is 17.8 Å². The summed E-state index contributed by atoms with van der Waals surface area (Å²) in [5, 5.41) is 6.52. The van der Waals surface area contributed by atoms with Gasteiger partial charge < -0.3 is 14.8 Å². The van der Waals surface area contributed by atoms with Crippen molar-refractivity contribution in [3.63, 3.8) is 0 Å². The van der Waals surface area contributed by atoms with Crippen LogP contribution in [0.1, 0.15) is 15.9 Å². The molecule has 0 saturated carbocycles. The average molecular weight is 378 g/mol. The maximum atomic E-state index is 13.1. The number of hydrazone groups is 1. The van der Waals surface area contributed by atoms with E-state index in [0.29, 0.717) is 22.1 Å². The molecule has 1 heterocycles. The molecule has 0 aliphatic carbocycles. The zero-order chi connectivity index (χ0) is 18.5. The summed E-state index contributed by atoms with van der Waals surface area (Å²) in [5.74, 6) is -0.585. The number of benzene rings is 2. The Hall–Kier alpha value is -3.13. The highest BCUT2D eigenvalue weighted by atomic mass is 35.5. The van der Waals surface area contributed by atoms with Crippen molar-refractivity contribution in [2.24, 2.45) is 5.10 Å².